The molecular weight excluding hydrogens is 338 g/mol. The van der Waals surface area contributed by atoms with Crippen LogP contribution in [0.25, 0.3) is 22.5 Å². The van der Waals surface area contributed by atoms with Crippen molar-refractivity contribution in [2.45, 2.75) is 6.61 Å². The molecule has 0 spiro atoms. The van der Waals surface area contributed by atoms with Crippen molar-refractivity contribution < 1.29 is 23.2 Å². The van der Waals surface area contributed by atoms with Gasteiger partial charge in [0.2, 0.25) is 11.6 Å². The summed E-state index contributed by atoms with van der Waals surface area (Å²) in [7, 11) is 3.13. The van der Waals surface area contributed by atoms with Gasteiger partial charge in [-0.1, -0.05) is 23.4 Å². The van der Waals surface area contributed by atoms with Crippen LogP contribution in [0.15, 0.2) is 51.5 Å². The average Bonchev–Trinajstić information content (AvgIpc) is 3.36. The van der Waals surface area contributed by atoms with Crippen LogP contribution in [-0.2, 0) is 18.4 Å². The first-order valence-corrected chi connectivity index (χ1v) is 7.83. The number of fused-ring (bicyclic) bond motifs is 1. The second-order valence-electron chi connectivity index (χ2n) is 5.63. The van der Waals surface area contributed by atoms with Crippen molar-refractivity contribution in [3.63, 3.8) is 0 Å². The second kappa shape index (κ2) is 6.40. The molecule has 8 heteroatoms. The van der Waals surface area contributed by atoms with E-state index in [9.17, 15) is 4.79 Å². The monoisotopic (exact) mass is 353 g/mol. The average molecular weight is 353 g/mol. The lowest BCUT2D eigenvalue weighted by Gasteiger charge is -2.01. The topological polar surface area (TPSA) is 92.5 Å². The first-order chi connectivity index (χ1) is 12.6. The summed E-state index contributed by atoms with van der Waals surface area (Å²) >= 11 is 0. The van der Waals surface area contributed by atoms with Crippen LogP contribution >= 0.6 is 0 Å². The van der Waals surface area contributed by atoms with Gasteiger partial charge in [0.05, 0.1) is 7.11 Å². The number of hydrogen-bond acceptors (Lipinski definition) is 7. The predicted octanol–water partition coefficient (Wildman–Crippen LogP) is 3.19. The molecule has 0 saturated heterocycles. The fourth-order valence-corrected chi connectivity index (χ4v) is 2.58. The summed E-state index contributed by atoms with van der Waals surface area (Å²) < 4.78 is 22.8. The molecule has 0 saturated carbocycles. The molecule has 132 valence electrons. The summed E-state index contributed by atoms with van der Waals surface area (Å²) in [6, 6.07) is 11.2. The molecule has 0 aliphatic carbocycles. The van der Waals surface area contributed by atoms with E-state index >= 15 is 0 Å². The lowest BCUT2D eigenvalue weighted by molar-refractivity contribution is 0.0460. The van der Waals surface area contributed by atoms with E-state index in [1.807, 2.05) is 30.3 Å². The number of ether oxygens (including phenoxy) is 2. The minimum atomic E-state index is -0.553. The number of nitrogens with zero attached hydrogens (tertiary/aromatic N) is 3. The van der Waals surface area contributed by atoms with E-state index in [4.69, 9.17) is 18.4 Å². The van der Waals surface area contributed by atoms with E-state index < -0.39 is 5.97 Å². The van der Waals surface area contributed by atoms with Crippen molar-refractivity contribution in [2.75, 3.05) is 7.11 Å². The van der Waals surface area contributed by atoms with Crippen LogP contribution in [0, 0.1) is 0 Å². The summed E-state index contributed by atoms with van der Waals surface area (Å²) in [6.07, 6.45) is 1.53. The fourth-order valence-electron chi connectivity index (χ4n) is 2.58. The zero-order valence-corrected chi connectivity index (χ0v) is 14.1. The Morgan fingerprint density at radius 3 is 2.88 bits per heavy atom. The lowest BCUT2D eigenvalue weighted by Crippen LogP contribution is -2.06. The van der Waals surface area contributed by atoms with Crippen LogP contribution in [0.4, 0.5) is 0 Å². The van der Waals surface area contributed by atoms with Gasteiger partial charge in [-0.05, 0) is 12.1 Å². The highest BCUT2D eigenvalue weighted by molar-refractivity contribution is 5.91. The van der Waals surface area contributed by atoms with Crippen LogP contribution in [0.5, 0.6) is 5.88 Å². The van der Waals surface area contributed by atoms with Gasteiger partial charge in [0, 0.05) is 24.7 Å². The minimum absolute atomic E-state index is 0.0411. The summed E-state index contributed by atoms with van der Waals surface area (Å²) in [5.74, 6) is 0.681. The van der Waals surface area contributed by atoms with Crippen molar-refractivity contribution in [3.05, 3.63) is 53.9 Å². The Balaban J connectivity index is 1.47. The summed E-state index contributed by atoms with van der Waals surface area (Å²) in [5, 5.41) is 8.90. The molecule has 3 heterocycles. The number of carbonyl (C=O) groups is 1. The Morgan fingerprint density at radius 1 is 1.23 bits per heavy atom. The van der Waals surface area contributed by atoms with Crippen molar-refractivity contribution >= 4 is 16.9 Å². The molecular formula is C18H15N3O5. The van der Waals surface area contributed by atoms with E-state index in [1.165, 1.54) is 18.0 Å². The van der Waals surface area contributed by atoms with Gasteiger partial charge in [0.15, 0.2) is 5.76 Å². The number of hydrogen-bond donors (Lipinski definition) is 0. The predicted molar refractivity (Wildman–Crippen MR) is 90.6 cm³/mol. The third kappa shape index (κ3) is 2.92. The molecule has 8 nitrogen and oxygen atoms in total. The Hall–Kier alpha value is -3.55. The molecule has 4 aromatic rings. The van der Waals surface area contributed by atoms with E-state index in [0.717, 1.165) is 11.0 Å². The normalized spacial score (nSPS) is 11.0. The largest absolute Gasteiger partial charge is 0.479 e. The third-order valence-corrected chi connectivity index (χ3v) is 3.79. The molecule has 0 atom stereocenters. The highest BCUT2D eigenvalue weighted by Gasteiger charge is 2.19. The van der Waals surface area contributed by atoms with Gasteiger partial charge in [-0.15, -0.1) is 5.10 Å². The van der Waals surface area contributed by atoms with Crippen LogP contribution in [0.3, 0.4) is 0 Å². The van der Waals surface area contributed by atoms with E-state index in [2.05, 4.69) is 10.3 Å². The molecule has 1 aromatic carbocycles. The van der Waals surface area contributed by atoms with E-state index in [-0.39, 0.29) is 18.1 Å². The number of aryl methyl sites for hydroxylation is 1. The van der Waals surface area contributed by atoms with Gasteiger partial charge in [-0.3, -0.25) is 4.68 Å². The number of esters is 1. The van der Waals surface area contributed by atoms with Gasteiger partial charge in [-0.2, -0.15) is 0 Å². The number of methoxy groups -OCH3 is 1. The Labute approximate surface area is 147 Å². The molecule has 0 bridgehead atoms. The number of furan rings is 1. The van der Waals surface area contributed by atoms with Crippen LogP contribution < -0.4 is 4.74 Å². The molecule has 0 radical (unpaired) electrons. The second-order valence-corrected chi connectivity index (χ2v) is 5.63. The Morgan fingerprint density at radius 2 is 2.08 bits per heavy atom. The van der Waals surface area contributed by atoms with Gasteiger partial charge < -0.3 is 18.4 Å². The molecule has 3 aromatic heterocycles. The Bertz CT molecular complexity index is 1040. The highest BCUT2D eigenvalue weighted by atomic mass is 16.5. The molecule has 0 aliphatic heterocycles. The maximum atomic E-state index is 12.2. The number of aromatic nitrogens is 3. The van der Waals surface area contributed by atoms with Gasteiger partial charge in [0.25, 0.3) is 0 Å². The maximum Gasteiger partial charge on any atom is 0.345 e. The first kappa shape index (κ1) is 15.9. The van der Waals surface area contributed by atoms with Gasteiger partial charge in [-0.25, -0.2) is 4.79 Å². The standard InChI is InChI=1S/C18H15N3O5/c1-21-9-13(17(19-21)23-2)18(22)24-10-12-8-16(26-20-12)15-7-11-5-3-4-6-14(11)25-15/h3-9H,10H2,1-2H3. The zero-order valence-electron chi connectivity index (χ0n) is 14.1. The number of rotatable bonds is 5. The van der Waals surface area contributed by atoms with Crippen LogP contribution in [0.1, 0.15) is 16.1 Å². The van der Waals surface area contributed by atoms with Crippen molar-refractivity contribution in [2.24, 2.45) is 7.05 Å². The molecule has 4 rings (SSSR count). The molecule has 0 aliphatic rings. The fraction of sp³-hybridized carbons (Fsp3) is 0.167. The quantitative estimate of drug-likeness (QED) is 0.509. The minimum Gasteiger partial charge on any atom is -0.479 e. The van der Waals surface area contributed by atoms with Crippen molar-refractivity contribution in [1.82, 2.24) is 14.9 Å². The van der Waals surface area contributed by atoms with Crippen LogP contribution in [-0.4, -0.2) is 28.0 Å². The maximum absolute atomic E-state index is 12.2. The van der Waals surface area contributed by atoms with Gasteiger partial charge >= 0.3 is 5.97 Å². The molecule has 0 unspecified atom stereocenters. The van der Waals surface area contributed by atoms with E-state index in [0.29, 0.717) is 17.2 Å². The van der Waals surface area contributed by atoms with Crippen LogP contribution in [0.2, 0.25) is 0 Å². The summed E-state index contributed by atoms with van der Waals surface area (Å²) in [5.41, 5.74) is 1.48. The number of carbonyl (C=O) groups excluding carboxylic acids is 1. The number of para-hydroxylation sites is 1. The third-order valence-electron chi connectivity index (χ3n) is 3.79. The van der Waals surface area contributed by atoms with Crippen molar-refractivity contribution in [3.8, 4) is 17.4 Å². The summed E-state index contributed by atoms with van der Waals surface area (Å²) in [4.78, 5) is 12.2. The molecule has 0 N–H and O–H groups in total. The van der Waals surface area contributed by atoms with E-state index in [1.54, 1.807) is 13.1 Å². The Kier molecular flexibility index (Phi) is 3.92. The number of benzene rings is 1. The molecule has 26 heavy (non-hydrogen) atoms. The highest BCUT2D eigenvalue weighted by Crippen LogP contribution is 2.28. The molecule has 0 fully saturated rings. The SMILES string of the molecule is COc1nn(C)cc1C(=O)OCc1cc(-c2cc3ccccc3o2)on1. The zero-order chi connectivity index (χ0) is 18.1. The first-order valence-electron chi connectivity index (χ1n) is 7.83. The lowest BCUT2D eigenvalue weighted by atomic mass is 10.2. The summed E-state index contributed by atoms with van der Waals surface area (Å²) in [6.45, 7) is -0.0411. The smallest absolute Gasteiger partial charge is 0.345 e. The van der Waals surface area contributed by atoms with Gasteiger partial charge in [0.1, 0.15) is 23.4 Å². The molecule has 0 amide bonds. The van der Waals surface area contributed by atoms with Crippen molar-refractivity contribution in [1.29, 1.82) is 0 Å².